The average Bonchev–Trinajstić information content (AvgIpc) is 3.01. The summed E-state index contributed by atoms with van der Waals surface area (Å²) in [5.74, 6) is -0.517. The first kappa shape index (κ1) is 41.8. The molecule has 43 heavy (non-hydrogen) atoms. The average molecular weight is 608 g/mol. The zero-order valence-electron chi connectivity index (χ0n) is 28.6. The predicted octanol–water partition coefficient (Wildman–Crippen LogP) is 9.87. The molecule has 0 aliphatic carbocycles. The fraction of sp³-hybridized carbons (Fsp3) is 0.868. The Kier molecular flexibility index (Phi) is 32.8. The zero-order valence-corrected chi connectivity index (χ0v) is 28.6. The molecule has 0 aliphatic rings. The molecule has 4 N–H and O–H groups in total. The van der Waals surface area contributed by atoms with E-state index in [1.54, 1.807) is 6.08 Å². The van der Waals surface area contributed by atoms with Crippen LogP contribution in [-0.2, 0) is 4.79 Å². The van der Waals surface area contributed by atoms with E-state index in [-0.39, 0.29) is 6.61 Å². The lowest BCUT2D eigenvalue weighted by molar-refractivity contribution is -0.131. The van der Waals surface area contributed by atoms with Crippen LogP contribution in [0.15, 0.2) is 24.3 Å². The smallest absolute Gasteiger partial charge is 0.249 e. The molecule has 5 heteroatoms. The van der Waals surface area contributed by atoms with Gasteiger partial charge in [-0.25, -0.2) is 0 Å². The van der Waals surface area contributed by atoms with E-state index in [1.807, 2.05) is 6.08 Å². The topological polar surface area (TPSA) is 89.8 Å². The molecule has 0 rings (SSSR count). The first-order valence-electron chi connectivity index (χ1n) is 18.7. The van der Waals surface area contributed by atoms with Crippen molar-refractivity contribution in [2.75, 3.05) is 6.61 Å². The highest BCUT2D eigenvalue weighted by Gasteiger charge is 2.22. The van der Waals surface area contributed by atoms with E-state index in [2.05, 4.69) is 31.3 Å². The van der Waals surface area contributed by atoms with Crippen LogP contribution in [0.2, 0.25) is 0 Å². The standard InChI is InChI=1S/C38H73NO4/c1-3-5-7-9-11-13-14-15-16-17-18-19-20-21-22-23-24-25-27-28-30-32-36(41)35(34-40)39-38(43)37(42)33-31-29-26-12-10-8-6-4-2/h24-25,30,32,35-37,40-42H,3-23,26-29,31,33-34H2,1-2H3,(H,39,43)/b25-24+,32-30+. The van der Waals surface area contributed by atoms with Crippen molar-refractivity contribution in [2.45, 2.75) is 205 Å². The maximum Gasteiger partial charge on any atom is 0.249 e. The maximum absolute atomic E-state index is 12.3. The van der Waals surface area contributed by atoms with Crippen molar-refractivity contribution in [1.29, 1.82) is 0 Å². The summed E-state index contributed by atoms with van der Waals surface area (Å²) in [4.78, 5) is 12.3. The largest absolute Gasteiger partial charge is 0.394 e. The van der Waals surface area contributed by atoms with E-state index in [0.717, 1.165) is 38.5 Å². The third-order valence-electron chi connectivity index (χ3n) is 8.54. The summed E-state index contributed by atoms with van der Waals surface area (Å²) in [5.41, 5.74) is 0. The molecule has 0 bridgehead atoms. The van der Waals surface area contributed by atoms with E-state index >= 15 is 0 Å². The van der Waals surface area contributed by atoms with Crippen LogP contribution in [0, 0.1) is 0 Å². The van der Waals surface area contributed by atoms with Crippen LogP contribution in [0.4, 0.5) is 0 Å². The fourth-order valence-electron chi connectivity index (χ4n) is 5.55. The lowest BCUT2D eigenvalue weighted by atomic mass is 10.0. The second kappa shape index (κ2) is 33.7. The number of hydrogen-bond donors (Lipinski definition) is 4. The van der Waals surface area contributed by atoms with Crippen LogP contribution in [0.1, 0.15) is 187 Å². The van der Waals surface area contributed by atoms with Crippen molar-refractivity contribution >= 4 is 5.91 Å². The monoisotopic (exact) mass is 608 g/mol. The van der Waals surface area contributed by atoms with Gasteiger partial charge < -0.3 is 20.6 Å². The van der Waals surface area contributed by atoms with Gasteiger partial charge in [0.1, 0.15) is 6.10 Å². The van der Waals surface area contributed by atoms with E-state index in [0.29, 0.717) is 6.42 Å². The molecule has 0 aromatic heterocycles. The number of amides is 1. The van der Waals surface area contributed by atoms with Gasteiger partial charge in [0.05, 0.1) is 18.8 Å². The minimum absolute atomic E-state index is 0.374. The van der Waals surface area contributed by atoms with Crippen LogP contribution in [0.5, 0.6) is 0 Å². The third kappa shape index (κ3) is 29.3. The lowest BCUT2D eigenvalue weighted by Gasteiger charge is -2.21. The molecule has 3 unspecified atom stereocenters. The van der Waals surface area contributed by atoms with Crippen molar-refractivity contribution in [3.8, 4) is 0 Å². The molecule has 254 valence electrons. The molecule has 0 aromatic carbocycles. The van der Waals surface area contributed by atoms with Gasteiger partial charge in [-0.05, 0) is 32.1 Å². The maximum atomic E-state index is 12.3. The van der Waals surface area contributed by atoms with E-state index in [9.17, 15) is 20.1 Å². The summed E-state index contributed by atoms with van der Waals surface area (Å²) in [6.45, 7) is 4.12. The minimum atomic E-state index is -1.10. The van der Waals surface area contributed by atoms with Gasteiger partial charge in [-0.1, -0.05) is 179 Å². The van der Waals surface area contributed by atoms with Crippen molar-refractivity contribution in [3.05, 3.63) is 24.3 Å². The summed E-state index contributed by atoms with van der Waals surface area (Å²) >= 11 is 0. The Hall–Kier alpha value is -1.17. The third-order valence-corrected chi connectivity index (χ3v) is 8.54. The Morgan fingerprint density at radius 3 is 1.42 bits per heavy atom. The quantitative estimate of drug-likeness (QED) is 0.0441. The van der Waals surface area contributed by atoms with E-state index < -0.39 is 24.2 Å². The molecule has 0 fully saturated rings. The normalized spacial score (nSPS) is 14.1. The SMILES string of the molecule is CCCCCCCCCCCCCCCCC/C=C/CC/C=C/C(O)C(CO)NC(=O)C(O)CCCCCCCCCC. The molecule has 0 heterocycles. The Balaban J connectivity index is 3.71. The first-order valence-corrected chi connectivity index (χ1v) is 18.7. The molecule has 0 aromatic rings. The summed E-state index contributed by atoms with van der Waals surface area (Å²) in [7, 11) is 0. The molecule has 0 aliphatic heterocycles. The Bertz CT molecular complexity index is 635. The summed E-state index contributed by atoms with van der Waals surface area (Å²) < 4.78 is 0. The number of unbranched alkanes of at least 4 members (excludes halogenated alkanes) is 23. The molecule has 0 saturated heterocycles. The number of rotatable bonds is 33. The lowest BCUT2D eigenvalue weighted by Crippen LogP contribution is -2.48. The van der Waals surface area contributed by atoms with Crippen molar-refractivity contribution < 1.29 is 20.1 Å². The molecule has 3 atom stereocenters. The number of hydrogen-bond acceptors (Lipinski definition) is 4. The number of aliphatic hydroxyl groups excluding tert-OH is 3. The van der Waals surface area contributed by atoms with Gasteiger partial charge in [0.25, 0.3) is 0 Å². The molecule has 0 saturated carbocycles. The molecule has 0 spiro atoms. The highest BCUT2D eigenvalue weighted by atomic mass is 16.3. The van der Waals surface area contributed by atoms with Crippen LogP contribution < -0.4 is 5.32 Å². The van der Waals surface area contributed by atoms with Crippen molar-refractivity contribution in [1.82, 2.24) is 5.32 Å². The molecule has 1 amide bonds. The van der Waals surface area contributed by atoms with Crippen LogP contribution in [0.3, 0.4) is 0 Å². The van der Waals surface area contributed by atoms with Crippen LogP contribution >= 0.6 is 0 Å². The van der Waals surface area contributed by atoms with E-state index in [4.69, 9.17) is 0 Å². The van der Waals surface area contributed by atoms with Crippen molar-refractivity contribution in [2.24, 2.45) is 0 Å². The molecule has 5 nitrogen and oxygen atoms in total. The number of allylic oxidation sites excluding steroid dienone is 3. The number of aliphatic hydroxyl groups is 3. The zero-order chi connectivity index (χ0) is 31.6. The number of carbonyl (C=O) groups is 1. The number of nitrogens with one attached hydrogen (secondary N) is 1. The Labute approximate surface area is 267 Å². The van der Waals surface area contributed by atoms with Gasteiger partial charge in [0, 0.05) is 0 Å². The van der Waals surface area contributed by atoms with Gasteiger partial charge >= 0.3 is 0 Å². The van der Waals surface area contributed by atoms with Gasteiger partial charge in [-0.2, -0.15) is 0 Å². The second-order valence-electron chi connectivity index (χ2n) is 12.8. The highest BCUT2D eigenvalue weighted by molar-refractivity contribution is 5.80. The van der Waals surface area contributed by atoms with Gasteiger partial charge in [0.2, 0.25) is 5.91 Å². The highest BCUT2D eigenvalue weighted by Crippen LogP contribution is 2.14. The van der Waals surface area contributed by atoms with Crippen LogP contribution in [0.25, 0.3) is 0 Å². The first-order chi connectivity index (χ1) is 21.1. The Morgan fingerprint density at radius 2 is 0.953 bits per heavy atom. The Morgan fingerprint density at radius 1 is 0.558 bits per heavy atom. The summed E-state index contributed by atoms with van der Waals surface area (Å²) in [5, 5.41) is 32.8. The molecular weight excluding hydrogens is 534 g/mol. The van der Waals surface area contributed by atoms with E-state index in [1.165, 1.54) is 128 Å². The summed E-state index contributed by atoms with van der Waals surface area (Å²) in [6.07, 6.45) is 39.3. The molecule has 0 radical (unpaired) electrons. The number of carbonyl (C=O) groups excluding carboxylic acids is 1. The van der Waals surface area contributed by atoms with Gasteiger partial charge in [-0.15, -0.1) is 0 Å². The van der Waals surface area contributed by atoms with Crippen molar-refractivity contribution in [3.63, 3.8) is 0 Å². The van der Waals surface area contributed by atoms with Crippen LogP contribution in [-0.4, -0.2) is 46.1 Å². The summed E-state index contributed by atoms with van der Waals surface area (Å²) in [6, 6.07) is -0.808. The van der Waals surface area contributed by atoms with Gasteiger partial charge in [-0.3, -0.25) is 4.79 Å². The fourth-order valence-corrected chi connectivity index (χ4v) is 5.55. The minimum Gasteiger partial charge on any atom is -0.394 e. The second-order valence-corrected chi connectivity index (χ2v) is 12.8. The molecular formula is C38H73NO4. The predicted molar refractivity (Wildman–Crippen MR) is 185 cm³/mol. The van der Waals surface area contributed by atoms with Gasteiger partial charge in [0.15, 0.2) is 0 Å².